The molecule has 21 amide bonds. The summed E-state index contributed by atoms with van der Waals surface area (Å²) >= 11 is 4.11. The average Bonchev–Trinajstić information content (AvgIpc) is 1.65. The molecule has 0 aromatic rings. The van der Waals surface area contributed by atoms with Crippen molar-refractivity contribution in [3.63, 3.8) is 0 Å². The van der Waals surface area contributed by atoms with Crippen LogP contribution < -0.4 is 135 Å². The number of likely N-dealkylation sites (tertiary alicyclic amines) is 2. The Balaban J connectivity index is 2.36. The molecule has 20 atom stereocenters. The predicted molar refractivity (Wildman–Crippen MR) is 514 cm³/mol. The second-order valence-electron chi connectivity index (χ2n) is 35.7. The molecule has 60 nitrogen and oxygen atoms in total. The number of aliphatic hydroxyl groups is 4. The number of carbonyl (C=O) groups excluding carboxylic acids is 21. The van der Waals surface area contributed by atoms with Gasteiger partial charge in [0.1, 0.15) is 103 Å². The summed E-state index contributed by atoms with van der Waals surface area (Å²) in [5, 5.41) is 130. The van der Waals surface area contributed by atoms with E-state index in [1.54, 1.807) is 27.7 Å². The van der Waals surface area contributed by atoms with Gasteiger partial charge in [0.25, 0.3) is 0 Å². The summed E-state index contributed by atoms with van der Waals surface area (Å²) in [6.45, 7) is 6.87. The number of primary amides is 2. The predicted octanol–water partition coefficient (Wildman–Crippen LogP) is -15.2. The van der Waals surface area contributed by atoms with Gasteiger partial charge in [-0.25, -0.2) is 4.79 Å². The lowest BCUT2D eigenvalue weighted by molar-refractivity contribution is -0.144. The Morgan fingerprint density at radius 1 is 0.370 bits per heavy atom. The summed E-state index contributed by atoms with van der Waals surface area (Å²) in [5.41, 5.74) is 32.9. The second-order valence-corrected chi connectivity index (χ2v) is 36.1. The van der Waals surface area contributed by atoms with Gasteiger partial charge in [-0.2, -0.15) is 12.6 Å². The van der Waals surface area contributed by atoms with E-state index in [1.807, 2.05) is 0 Å². The van der Waals surface area contributed by atoms with Crippen LogP contribution in [0.15, 0.2) is 0 Å². The van der Waals surface area contributed by atoms with E-state index in [9.17, 15) is 146 Å². The van der Waals surface area contributed by atoms with Crippen LogP contribution in [0.25, 0.3) is 0 Å². The van der Waals surface area contributed by atoms with Gasteiger partial charge in [-0.1, -0.05) is 27.7 Å². The zero-order valence-corrected chi connectivity index (χ0v) is 83.3. The Hall–Kier alpha value is -14.1. The molecular weight excluding hydrogens is 1960 g/mol. The van der Waals surface area contributed by atoms with Crippen molar-refractivity contribution < 1.29 is 151 Å². The number of nitrogens with zero attached hydrogens (tertiary/aromatic N) is 2. The molecular formula is C85H145N29O31S. The Bertz CT molecular complexity index is 4570. The minimum Gasteiger partial charge on any atom is -0.481 e. The number of nitrogens with two attached hydrogens (primary N) is 6. The standard InChI is InChI=1S/C85H145N29O31S/c1-38(2)29-51(107-80(141)64(42(7)117)111-67(128)41(6)99-71(132)47(20-22-58(88)119)104-77(138)56-18-13-27-113(56)81(142)49(17-12-26-95-85(92)93)100-60(121)33-97-70(131)53(35-115)108-73(134)45(15-9-10-24-86)102-68(129)44(87)31-63(125)126)82(143)114-28-14-19-57(114)78(139)112-65(43(8)118)79(140)105-46(16-11-25-94-84(90)91)74(135)109-54(36-116)75(136)110-55(37-146)76(137)103-48(21-23-62(123)124)72(133)98-40(5)66(127)106-50(32-59(89)120)69(130)96-34-61(122)101-52(83(144)145)30-39(3)4/h38-57,64-65,115-118,146H,9-37,86-87H2,1-8H3,(H2,88,119)(H2,89,120)(H,96,130)(H,97,131)(H,98,133)(H,99,132)(H,100,121)(H,101,122)(H,102,129)(H,103,137)(H,104,138)(H,105,140)(H,106,127)(H,107,141)(H,108,134)(H,109,135)(H,110,136)(H,111,128)(H,112,139)(H,123,124)(H,125,126)(H,144,145)(H4,90,91,94)(H4,92,93,95)/t40-,41-,42+,43+,44-,45-,46-,47-,48-,49-,50-,51-,52-,53-,54-,55-,56-,57-,64-,65-/m0/s1. The first kappa shape index (κ1) is 128. The van der Waals surface area contributed by atoms with E-state index in [0.29, 0.717) is 6.42 Å². The monoisotopic (exact) mass is 2100 g/mol. The third kappa shape index (κ3) is 46.8. The SMILES string of the molecule is CC(C)C[C@H](NC(=O)CNC(=O)[C@H](CC(N)=O)NC(=O)[C@H](C)NC(=O)[C@H](CCC(=O)O)NC(=O)[C@H](CS)NC(=O)[C@H](CO)NC(=O)[C@H](CCCNC(=N)N)NC(=O)[C@@H](NC(=O)[C@@H]1CCCN1C(=O)[C@H](CC(C)C)NC(=O)[C@@H](NC(=O)[C@H](C)NC(=O)[C@H](CCC(N)=O)NC(=O)[C@@H]1CCCN1C(=O)[C@H](CCCNC(=N)N)NC(=O)CNC(=O)[C@H](CO)NC(=O)[C@H](CCCCN)NC(=O)[C@@H](N)CC(=O)O)[C@@H](C)O)[C@@H](C)O)C(=O)O. The molecule has 61 heteroatoms. The number of carboxylic acid groups (broad SMARTS) is 3. The molecule has 40 N–H and O–H groups in total. The highest BCUT2D eigenvalue weighted by Crippen LogP contribution is 2.24. The minimum atomic E-state index is -2.00. The number of hydrogen-bond acceptors (Lipinski definition) is 33. The summed E-state index contributed by atoms with van der Waals surface area (Å²) in [6, 6.07) is -29.9. The van der Waals surface area contributed by atoms with Crippen molar-refractivity contribution in [2.24, 2.45) is 46.2 Å². The molecule has 0 radical (unpaired) electrons. The molecule has 822 valence electrons. The maximum Gasteiger partial charge on any atom is 0.326 e. The van der Waals surface area contributed by atoms with E-state index < -0.39 is 351 Å². The number of unbranched alkanes of at least 4 members (excludes halogenated alkanes) is 1. The Labute approximate surface area is 844 Å². The number of thiol groups is 1. The summed E-state index contributed by atoms with van der Waals surface area (Å²) in [5.74, 6) is -29.4. The van der Waals surface area contributed by atoms with E-state index in [4.69, 9.17) is 50.3 Å². The number of nitrogens with one attached hydrogen (secondary N) is 21. The van der Waals surface area contributed by atoms with Gasteiger partial charge < -0.3 is 181 Å². The largest absolute Gasteiger partial charge is 0.481 e. The van der Waals surface area contributed by atoms with Gasteiger partial charge in [0.05, 0.1) is 57.4 Å². The van der Waals surface area contributed by atoms with Crippen molar-refractivity contribution in [1.82, 2.24) is 111 Å². The molecule has 0 aliphatic carbocycles. The summed E-state index contributed by atoms with van der Waals surface area (Å²) in [4.78, 5) is 324. The lowest BCUT2D eigenvalue weighted by atomic mass is 10.0. The number of hydrogen-bond donors (Lipinski definition) is 35. The molecule has 2 aliphatic rings. The summed E-state index contributed by atoms with van der Waals surface area (Å²) in [7, 11) is 0. The van der Waals surface area contributed by atoms with Crippen molar-refractivity contribution in [1.29, 1.82) is 10.8 Å². The highest BCUT2D eigenvalue weighted by molar-refractivity contribution is 7.80. The Morgan fingerprint density at radius 2 is 0.740 bits per heavy atom. The minimum absolute atomic E-state index is 0.0104. The van der Waals surface area contributed by atoms with Crippen LogP contribution in [0.5, 0.6) is 0 Å². The topological polar surface area (TPSA) is 990 Å². The number of aliphatic hydroxyl groups excluding tert-OH is 4. The Morgan fingerprint density at radius 3 is 1.18 bits per heavy atom. The van der Waals surface area contributed by atoms with E-state index in [2.05, 4.69) is 114 Å². The molecule has 0 spiro atoms. The van der Waals surface area contributed by atoms with Crippen LogP contribution in [0.4, 0.5) is 0 Å². The molecule has 0 saturated carbocycles. The van der Waals surface area contributed by atoms with E-state index >= 15 is 0 Å². The molecule has 2 rings (SSSR count). The van der Waals surface area contributed by atoms with E-state index in [1.165, 1.54) is 0 Å². The van der Waals surface area contributed by atoms with Crippen LogP contribution in [0.1, 0.15) is 177 Å². The number of carbonyl (C=O) groups is 24. The lowest BCUT2D eigenvalue weighted by Gasteiger charge is -2.32. The van der Waals surface area contributed by atoms with Gasteiger partial charge in [0.2, 0.25) is 124 Å². The normalized spacial score (nSPS) is 16.9. The first-order valence-electron chi connectivity index (χ1n) is 47.2. The van der Waals surface area contributed by atoms with Gasteiger partial charge >= 0.3 is 17.9 Å². The average molecular weight is 2100 g/mol. The fourth-order valence-electron chi connectivity index (χ4n) is 14.7. The van der Waals surface area contributed by atoms with Crippen molar-refractivity contribution >= 4 is 167 Å². The zero-order chi connectivity index (χ0) is 111. The van der Waals surface area contributed by atoms with Crippen LogP contribution in [0.2, 0.25) is 0 Å². The number of carboxylic acids is 3. The third-order valence-corrected chi connectivity index (χ3v) is 22.8. The van der Waals surface area contributed by atoms with Gasteiger partial charge in [0, 0.05) is 44.8 Å². The van der Waals surface area contributed by atoms with Crippen molar-refractivity contribution in [3.8, 4) is 0 Å². The fraction of sp³-hybridized carbons (Fsp3) is 0.694. The lowest BCUT2D eigenvalue weighted by Crippen LogP contribution is -2.62. The summed E-state index contributed by atoms with van der Waals surface area (Å²) in [6.07, 6.45) is -7.75. The maximum atomic E-state index is 14.8. The molecule has 2 aliphatic heterocycles. The number of aliphatic carboxylic acids is 3. The molecule has 2 heterocycles. The first-order valence-corrected chi connectivity index (χ1v) is 47.8. The molecule has 0 unspecified atom stereocenters. The highest BCUT2D eigenvalue weighted by atomic mass is 32.1. The number of rotatable bonds is 68. The van der Waals surface area contributed by atoms with Crippen molar-refractivity contribution in [3.05, 3.63) is 0 Å². The number of amides is 21. The van der Waals surface area contributed by atoms with Crippen LogP contribution >= 0.6 is 12.6 Å². The number of guanidine groups is 2. The van der Waals surface area contributed by atoms with E-state index in [-0.39, 0.29) is 116 Å². The Kier molecular flexibility index (Phi) is 57.3. The quantitative estimate of drug-likeness (QED) is 0.0116. The van der Waals surface area contributed by atoms with Crippen molar-refractivity contribution in [2.75, 3.05) is 64.8 Å². The smallest absolute Gasteiger partial charge is 0.326 e. The molecule has 2 saturated heterocycles. The fourth-order valence-corrected chi connectivity index (χ4v) is 15.0. The second kappa shape index (κ2) is 65.3. The van der Waals surface area contributed by atoms with Gasteiger partial charge in [-0.15, -0.1) is 0 Å². The van der Waals surface area contributed by atoms with Crippen LogP contribution in [0, 0.1) is 22.7 Å². The zero-order valence-electron chi connectivity index (χ0n) is 82.4. The third-order valence-electron chi connectivity index (χ3n) is 22.4. The van der Waals surface area contributed by atoms with Crippen molar-refractivity contribution in [2.45, 2.75) is 298 Å². The highest BCUT2D eigenvalue weighted by Gasteiger charge is 2.45. The molecule has 2 fully saturated rings. The van der Waals surface area contributed by atoms with E-state index in [0.717, 1.165) is 37.5 Å². The van der Waals surface area contributed by atoms with Gasteiger partial charge in [0.15, 0.2) is 11.9 Å². The maximum absolute atomic E-state index is 14.8. The van der Waals surface area contributed by atoms with Crippen LogP contribution in [-0.2, 0) is 115 Å². The molecule has 146 heavy (non-hydrogen) atoms. The van der Waals surface area contributed by atoms with Crippen LogP contribution in [-0.4, -0.2) is 385 Å². The summed E-state index contributed by atoms with van der Waals surface area (Å²) < 4.78 is 0. The van der Waals surface area contributed by atoms with Gasteiger partial charge in [-0.05, 0) is 142 Å². The molecule has 0 aromatic carbocycles. The van der Waals surface area contributed by atoms with Gasteiger partial charge in [-0.3, -0.25) is 121 Å². The van der Waals surface area contributed by atoms with Crippen LogP contribution in [0.3, 0.4) is 0 Å². The molecule has 0 bridgehead atoms. The first-order chi connectivity index (χ1) is 68.4. The molecule has 0 aromatic heterocycles.